The first-order chi connectivity index (χ1) is 8.72. The number of phenols is 1. The zero-order valence-corrected chi connectivity index (χ0v) is 9.25. The van der Waals surface area contributed by atoms with Crippen molar-refractivity contribution in [3.8, 4) is 5.75 Å². The smallest absolute Gasteiger partial charge is 0.224 e. The molecule has 3 rings (SSSR count). The van der Waals surface area contributed by atoms with Gasteiger partial charge in [-0.05, 0) is 24.3 Å². The van der Waals surface area contributed by atoms with E-state index in [4.69, 9.17) is 5.73 Å². The molecule has 0 atom stereocenters. The SMILES string of the molecule is Nc1nc(Nc2ccc(O)cc2)c2[nH]cnc2n1. The van der Waals surface area contributed by atoms with E-state index in [0.717, 1.165) is 5.69 Å². The Balaban J connectivity index is 2.03. The quantitative estimate of drug-likeness (QED) is 0.505. The van der Waals surface area contributed by atoms with E-state index in [9.17, 15) is 5.11 Å². The third-order valence-corrected chi connectivity index (χ3v) is 2.43. The molecule has 0 unspecified atom stereocenters. The van der Waals surface area contributed by atoms with Crippen molar-refractivity contribution in [3.63, 3.8) is 0 Å². The Bertz CT molecular complexity index is 690. The van der Waals surface area contributed by atoms with Crippen LogP contribution in [0.15, 0.2) is 30.6 Å². The highest BCUT2D eigenvalue weighted by Crippen LogP contribution is 2.23. The number of benzene rings is 1. The predicted molar refractivity (Wildman–Crippen MR) is 67.5 cm³/mol. The van der Waals surface area contributed by atoms with Crippen LogP contribution < -0.4 is 11.1 Å². The molecule has 2 heterocycles. The second kappa shape index (κ2) is 3.88. The van der Waals surface area contributed by atoms with Crippen LogP contribution in [0, 0.1) is 0 Å². The summed E-state index contributed by atoms with van der Waals surface area (Å²) >= 11 is 0. The number of aromatic hydroxyl groups is 1. The van der Waals surface area contributed by atoms with Crippen LogP contribution in [0.2, 0.25) is 0 Å². The highest BCUT2D eigenvalue weighted by Gasteiger charge is 2.08. The minimum absolute atomic E-state index is 0.149. The number of H-pyrrole nitrogens is 1. The maximum atomic E-state index is 9.22. The molecule has 0 aliphatic rings. The molecule has 7 nitrogen and oxygen atoms in total. The lowest BCUT2D eigenvalue weighted by Crippen LogP contribution is -2.01. The van der Waals surface area contributed by atoms with Crippen molar-refractivity contribution in [1.82, 2.24) is 19.9 Å². The number of aromatic amines is 1. The fourth-order valence-electron chi connectivity index (χ4n) is 1.62. The number of imidazole rings is 1. The molecule has 3 aromatic rings. The minimum Gasteiger partial charge on any atom is -0.508 e. The molecule has 0 amide bonds. The number of nitrogens with two attached hydrogens (primary N) is 1. The van der Waals surface area contributed by atoms with Gasteiger partial charge in [0.2, 0.25) is 5.95 Å². The van der Waals surface area contributed by atoms with Crippen LogP contribution >= 0.6 is 0 Å². The number of nitrogen functional groups attached to an aromatic ring is 1. The number of nitrogens with zero attached hydrogens (tertiary/aromatic N) is 3. The summed E-state index contributed by atoms with van der Waals surface area (Å²) in [6.07, 6.45) is 1.53. The maximum absolute atomic E-state index is 9.22. The van der Waals surface area contributed by atoms with E-state index in [0.29, 0.717) is 17.0 Å². The van der Waals surface area contributed by atoms with Crippen molar-refractivity contribution in [2.24, 2.45) is 0 Å². The van der Waals surface area contributed by atoms with E-state index >= 15 is 0 Å². The van der Waals surface area contributed by atoms with Crippen LogP contribution in [0.5, 0.6) is 5.75 Å². The van der Waals surface area contributed by atoms with Gasteiger partial charge < -0.3 is 21.1 Å². The molecule has 0 saturated heterocycles. The molecule has 18 heavy (non-hydrogen) atoms. The van der Waals surface area contributed by atoms with Gasteiger partial charge in [0, 0.05) is 5.69 Å². The van der Waals surface area contributed by atoms with E-state index in [1.807, 2.05) is 0 Å². The van der Waals surface area contributed by atoms with Gasteiger partial charge in [0.1, 0.15) is 11.3 Å². The molecular weight excluding hydrogens is 232 g/mol. The molecule has 2 aromatic heterocycles. The number of anilines is 3. The summed E-state index contributed by atoms with van der Waals surface area (Å²) < 4.78 is 0. The van der Waals surface area contributed by atoms with E-state index in [-0.39, 0.29) is 11.7 Å². The molecule has 0 aliphatic carbocycles. The highest BCUT2D eigenvalue weighted by atomic mass is 16.3. The average molecular weight is 242 g/mol. The van der Waals surface area contributed by atoms with Gasteiger partial charge in [-0.15, -0.1) is 0 Å². The van der Waals surface area contributed by atoms with Crippen molar-refractivity contribution in [3.05, 3.63) is 30.6 Å². The second-order valence-corrected chi connectivity index (χ2v) is 3.70. The molecule has 0 fully saturated rings. The van der Waals surface area contributed by atoms with Crippen LogP contribution in [0.4, 0.5) is 17.5 Å². The van der Waals surface area contributed by atoms with E-state index in [1.54, 1.807) is 24.3 Å². The first kappa shape index (κ1) is 10.3. The van der Waals surface area contributed by atoms with Gasteiger partial charge in [0.05, 0.1) is 6.33 Å². The number of hydrogen-bond acceptors (Lipinski definition) is 6. The lowest BCUT2D eigenvalue weighted by Gasteiger charge is -2.06. The van der Waals surface area contributed by atoms with Gasteiger partial charge in [0.25, 0.3) is 0 Å². The highest BCUT2D eigenvalue weighted by molar-refractivity contribution is 5.85. The number of nitrogens with one attached hydrogen (secondary N) is 2. The summed E-state index contributed by atoms with van der Waals surface area (Å²) in [7, 11) is 0. The van der Waals surface area contributed by atoms with Gasteiger partial charge in [-0.25, -0.2) is 4.98 Å². The Kier molecular flexibility index (Phi) is 2.23. The maximum Gasteiger partial charge on any atom is 0.224 e. The molecule has 90 valence electrons. The summed E-state index contributed by atoms with van der Waals surface area (Å²) in [4.78, 5) is 15.1. The fraction of sp³-hybridized carbons (Fsp3) is 0. The monoisotopic (exact) mass is 242 g/mol. The molecule has 0 saturated carbocycles. The summed E-state index contributed by atoms with van der Waals surface area (Å²) in [5.41, 5.74) is 7.57. The molecule has 0 radical (unpaired) electrons. The second-order valence-electron chi connectivity index (χ2n) is 3.70. The minimum atomic E-state index is 0.149. The van der Waals surface area contributed by atoms with Gasteiger partial charge in [-0.2, -0.15) is 9.97 Å². The number of aromatic nitrogens is 4. The lowest BCUT2D eigenvalue weighted by atomic mass is 10.3. The molecule has 0 aliphatic heterocycles. The van der Waals surface area contributed by atoms with Crippen LogP contribution in [-0.2, 0) is 0 Å². The zero-order chi connectivity index (χ0) is 12.5. The van der Waals surface area contributed by atoms with Crippen molar-refractivity contribution >= 4 is 28.6 Å². The van der Waals surface area contributed by atoms with Crippen molar-refractivity contribution in [2.75, 3.05) is 11.1 Å². The Morgan fingerprint density at radius 2 is 1.94 bits per heavy atom. The topological polar surface area (TPSA) is 113 Å². The number of hydrogen-bond donors (Lipinski definition) is 4. The molecule has 7 heteroatoms. The average Bonchev–Trinajstić information content (AvgIpc) is 2.80. The summed E-state index contributed by atoms with van der Waals surface area (Å²) in [6, 6.07) is 6.62. The first-order valence-electron chi connectivity index (χ1n) is 5.25. The number of rotatable bonds is 2. The summed E-state index contributed by atoms with van der Waals surface area (Å²) in [5.74, 6) is 0.894. The number of fused-ring (bicyclic) bond motifs is 1. The Hall–Kier alpha value is -2.83. The van der Waals surface area contributed by atoms with E-state index < -0.39 is 0 Å². The van der Waals surface area contributed by atoms with Crippen molar-refractivity contribution in [1.29, 1.82) is 0 Å². The van der Waals surface area contributed by atoms with E-state index in [2.05, 4.69) is 25.3 Å². The molecule has 5 N–H and O–H groups in total. The number of phenolic OH excluding ortho intramolecular Hbond substituents is 1. The van der Waals surface area contributed by atoms with E-state index in [1.165, 1.54) is 6.33 Å². The van der Waals surface area contributed by atoms with Crippen LogP contribution in [0.25, 0.3) is 11.2 Å². The summed E-state index contributed by atoms with van der Waals surface area (Å²) in [5, 5.41) is 12.3. The third kappa shape index (κ3) is 1.77. The Morgan fingerprint density at radius 3 is 2.72 bits per heavy atom. The standard InChI is InChI=1S/C11H10N6O/c12-11-16-9-8(13-5-14-9)10(17-11)15-6-1-3-7(18)4-2-6/h1-5,18H,(H4,12,13,14,15,16,17). The lowest BCUT2D eigenvalue weighted by molar-refractivity contribution is 0.475. The van der Waals surface area contributed by atoms with Gasteiger partial charge in [0.15, 0.2) is 11.5 Å². The molecule has 0 spiro atoms. The van der Waals surface area contributed by atoms with Crippen LogP contribution in [0.3, 0.4) is 0 Å². The largest absolute Gasteiger partial charge is 0.508 e. The van der Waals surface area contributed by atoms with Crippen LogP contribution in [-0.4, -0.2) is 25.0 Å². The molecule has 1 aromatic carbocycles. The first-order valence-corrected chi connectivity index (χ1v) is 5.25. The fourth-order valence-corrected chi connectivity index (χ4v) is 1.62. The normalized spacial score (nSPS) is 10.7. The van der Waals surface area contributed by atoms with Crippen molar-refractivity contribution < 1.29 is 5.11 Å². The summed E-state index contributed by atoms with van der Waals surface area (Å²) in [6.45, 7) is 0. The molecule has 0 bridgehead atoms. The van der Waals surface area contributed by atoms with Gasteiger partial charge in [-0.3, -0.25) is 0 Å². The van der Waals surface area contributed by atoms with Crippen molar-refractivity contribution in [2.45, 2.75) is 0 Å². The third-order valence-electron chi connectivity index (χ3n) is 2.43. The Morgan fingerprint density at radius 1 is 1.17 bits per heavy atom. The zero-order valence-electron chi connectivity index (χ0n) is 9.25. The Labute approximate surface area is 102 Å². The van der Waals surface area contributed by atoms with Gasteiger partial charge >= 0.3 is 0 Å². The van der Waals surface area contributed by atoms with Crippen LogP contribution in [0.1, 0.15) is 0 Å². The molecular formula is C11H10N6O. The predicted octanol–water partition coefficient (Wildman–Crippen LogP) is 1.38. The van der Waals surface area contributed by atoms with Gasteiger partial charge in [-0.1, -0.05) is 0 Å².